The van der Waals surface area contributed by atoms with Crippen LogP contribution in [-0.2, 0) is 0 Å². The topological polar surface area (TPSA) is 76.0 Å². The average Bonchev–Trinajstić information content (AvgIpc) is 2.95. The summed E-state index contributed by atoms with van der Waals surface area (Å²) in [5.41, 5.74) is 6.84. The number of rotatable bonds is 4. The summed E-state index contributed by atoms with van der Waals surface area (Å²) in [5.74, 6) is 0.431. The number of nitrogens with one attached hydrogen (secondary N) is 1. The van der Waals surface area contributed by atoms with Crippen LogP contribution in [0.15, 0.2) is 52.2 Å². The maximum Gasteiger partial charge on any atom is 0.317 e. The Balaban J connectivity index is 1.39. The third kappa shape index (κ3) is 4.97. The molecule has 0 spiro atoms. The smallest absolute Gasteiger partial charge is 0.317 e. The first-order valence-corrected chi connectivity index (χ1v) is 16.2. The first kappa shape index (κ1) is 31.0. The molecule has 6 atom stereocenters. The quantitative estimate of drug-likeness (QED) is 0.182. The number of nitrogens with zero attached hydrogens (tertiary/aromatic N) is 2. The van der Waals surface area contributed by atoms with E-state index in [1.165, 1.54) is 18.4 Å². The fraction of sp³-hybridized carbons (Fsp3) is 0.722. The van der Waals surface area contributed by atoms with Crippen molar-refractivity contribution < 1.29 is 15.0 Å². The van der Waals surface area contributed by atoms with Gasteiger partial charge in [-0.15, -0.1) is 5.73 Å². The summed E-state index contributed by atoms with van der Waals surface area (Å²) in [6.07, 6.45) is 14.1. The van der Waals surface area contributed by atoms with Crippen LogP contribution in [0.3, 0.4) is 0 Å². The van der Waals surface area contributed by atoms with Crippen molar-refractivity contribution in [2.45, 2.75) is 93.4 Å². The summed E-state index contributed by atoms with van der Waals surface area (Å²) < 4.78 is 0. The Hall–Kier alpha value is -2.43. The number of amides is 2. The molecule has 1 heterocycles. The Morgan fingerprint density at radius 2 is 1.67 bits per heavy atom. The fourth-order valence-electron chi connectivity index (χ4n) is 9.50. The predicted octanol–water partition coefficient (Wildman–Crippen LogP) is 7.68. The summed E-state index contributed by atoms with van der Waals surface area (Å²) in [5, 5.41) is 24.5. The highest BCUT2D eigenvalue weighted by Crippen LogP contribution is 2.74. The highest BCUT2D eigenvalue weighted by atomic mass is 16.3. The zero-order chi connectivity index (χ0) is 30.7. The van der Waals surface area contributed by atoms with Crippen LogP contribution < -0.4 is 5.32 Å². The van der Waals surface area contributed by atoms with E-state index in [2.05, 4.69) is 63.7 Å². The molecule has 5 rings (SSSR count). The normalized spacial score (nSPS) is 40.2. The average molecular weight is 578 g/mol. The van der Waals surface area contributed by atoms with Crippen LogP contribution >= 0.6 is 0 Å². The number of carbonyl (C=O) groups excluding carboxylic acids is 1. The molecule has 0 radical (unpaired) electrons. The van der Waals surface area contributed by atoms with E-state index in [1.54, 1.807) is 19.9 Å². The van der Waals surface area contributed by atoms with Gasteiger partial charge >= 0.3 is 6.03 Å². The molecule has 0 bridgehead atoms. The number of hydrogen-bond acceptors (Lipinski definition) is 4. The van der Waals surface area contributed by atoms with Crippen molar-refractivity contribution in [3.63, 3.8) is 0 Å². The van der Waals surface area contributed by atoms with Gasteiger partial charge in [-0.05, 0) is 111 Å². The van der Waals surface area contributed by atoms with Crippen molar-refractivity contribution in [2.75, 3.05) is 39.8 Å². The van der Waals surface area contributed by atoms with Crippen LogP contribution in [0.1, 0.15) is 93.4 Å². The molecule has 4 aliphatic carbocycles. The fourth-order valence-corrected chi connectivity index (χ4v) is 9.50. The van der Waals surface area contributed by atoms with E-state index >= 15 is 0 Å². The number of aliphatic hydroxyl groups is 2. The monoisotopic (exact) mass is 577 g/mol. The Bertz CT molecular complexity index is 1280. The van der Waals surface area contributed by atoms with Gasteiger partial charge in [0.25, 0.3) is 0 Å². The molecule has 4 fully saturated rings. The van der Waals surface area contributed by atoms with Crippen LogP contribution in [0.25, 0.3) is 0 Å². The minimum absolute atomic E-state index is 0.0113. The van der Waals surface area contributed by atoms with Crippen molar-refractivity contribution >= 4 is 6.03 Å². The molecule has 42 heavy (non-hydrogen) atoms. The van der Waals surface area contributed by atoms with Gasteiger partial charge in [0.2, 0.25) is 0 Å². The lowest BCUT2D eigenvalue weighted by atomic mass is 9.35. The molecule has 3 saturated carbocycles. The molecular weight excluding hydrogens is 522 g/mol. The van der Waals surface area contributed by atoms with Crippen LogP contribution in [0.5, 0.6) is 0 Å². The van der Waals surface area contributed by atoms with Crippen molar-refractivity contribution in [3.8, 4) is 0 Å². The molecule has 6 nitrogen and oxygen atoms in total. The summed E-state index contributed by atoms with van der Waals surface area (Å²) in [7, 11) is 2.12. The zero-order valence-electron chi connectivity index (χ0n) is 27.5. The molecular formula is C36H55N3O3. The summed E-state index contributed by atoms with van der Waals surface area (Å²) in [6.45, 7) is 20.2. The van der Waals surface area contributed by atoms with Crippen LogP contribution in [-0.4, -0.2) is 65.8 Å². The summed E-state index contributed by atoms with van der Waals surface area (Å²) >= 11 is 0. The van der Waals surface area contributed by atoms with E-state index < -0.39 is 0 Å². The van der Waals surface area contributed by atoms with E-state index in [0.717, 1.165) is 70.4 Å². The number of fused-ring (bicyclic) bond motifs is 5. The minimum Gasteiger partial charge on any atom is -0.504 e. The number of piperazine rings is 1. The lowest BCUT2D eigenvalue weighted by molar-refractivity contribution is -0.160. The van der Waals surface area contributed by atoms with Gasteiger partial charge < -0.3 is 25.3 Å². The van der Waals surface area contributed by atoms with Gasteiger partial charge in [-0.25, -0.2) is 4.79 Å². The van der Waals surface area contributed by atoms with Gasteiger partial charge in [-0.1, -0.05) is 46.3 Å². The number of urea groups is 1. The summed E-state index contributed by atoms with van der Waals surface area (Å²) in [6, 6.07) is 0.0970. The highest BCUT2D eigenvalue weighted by Gasteiger charge is 2.66. The second-order valence-electron chi connectivity index (χ2n) is 15.9. The Labute approximate surface area is 254 Å². The molecule has 0 aromatic rings. The maximum atomic E-state index is 13.1. The zero-order valence-corrected chi connectivity index (χ0v) is 27.5. The number of carbonyl (C=O) groups is 1. The number of hydrogen-bond donors (Lipinski definition) is 3. The lowest BCUT2D eigenvalue weighted by Gasteiger charge is -2.69. The van der Waals surface area contributed by atoms with Gasteiger partial charge in [0, 0.05) is 43.7 Å². The molecule has 1 saturated heterocycles. The first-order valence-electron chi connectivity index (χ1n) is 16.2. The van der Waals surface area contributed by atoms with Gasteiger partial charge in [-0.2, -0.15) is 0 Å². The third-order valence-corrected chi connectivity index (χ3v) is 12.9. The number of aliphatic hydroxyl groups excluding tert-OH is 2. The minimum atomic E-state index is -0.235. The van der Waals surface area contributed by atoms with Gasteiger partial charge in [0.15, 0.2) is 11.5 Å². The van der Waals surface area contributed by atoms with E-state index in [1.807, 2.05) is 11.0 Å². The van der Waals surface area contributed by atoms with E-state index in [4.69, 9.17) is 0 Å². The molecule has 232 valence electrons. The van der Waals surface area contributed by atoms with Gasteiger partial charge in [-0.3, -0.25) is 0 Å². The van der Waals surface area contributed by atoms with Crippen molar-refractivity contribution in [2.24, 2.45) is 33.0 Å². The Kier molecular flexibility index (Phi) is 7.85. The highest BCUT2D eigenvalue weighted by molar-refractivity contribution is 5.74. The summed E-state index contributed by atoms with van der Waals surface area (Å²) in [4.78, 5) is 17.4. The molecule has 0 aromatic heterocycles. The van der Waals surface area contributed by atoms with Gasteiger partial charge in [0.1, 0.15) is 0 Å². The standard InChI is InChI=1S/C36H55N3O3/c1-25(2)30(41)27(40)22-26-10-9-11-28-34(26,5)15-17-36(7)29-23-32(3,12-13-33(29,4)14-16-35(28,36)6)24-37-31(42)39-20-18-38(8)19-21-39/h9,11,22,29,40-41H,12-21,23-24H2,1-8H3,(H,37,42)/b27-22+/t29-,32-,33-,34+,35-,36+/m1/s1. The van der Waals surface area contributed by atoms with Crippen LogP contribution in [0.2, 0.25) is 0 Å². The molecule has 0 unspecified atom stereocenters. The van der Waals surface area contributed by atoms with E-state index in [0.29, 0.717) is 16.9 Å². The second kappa shape index (κ2) is 10.6. The van der Waals surface area contributed by atoms with Crippen molar-refractivity contribution in [3.05, 3.63) is 52.2 Å². The molecule has 1 aliphatic heterocycles. The molecule has 6 heteroatoms. The van der Waals surface area contributed by atoms with E-state index in [-0.39, 0.29) is 39.2 Å². The maximum absolute atomic E-state index is 13.1. The molecule has 5 aliphatic rings. The van der Waals surface area contributed by atoms with Crippen LogP contribution in [0, 0.1) is 33.0 Å². The Morgan fingerprint density at radius 3 is 2.33 bits per heavy atom. The predicted molar refractivity (Wildman–Crippen MR) is 170 cm³/mol. The molecule has 3 N–H and O–H groups in total. The molecule has 2 amide bonds. The second-order valence-corrected chi connectivity index (χ2v) is 15.9. The third-order valence-electron chi connectivity index (χ3n) is 12.9. The van der Waals surface area contributed by atoms with Crippen LogP contribution in [0.4, 0.5) is 4.79 Å². The SMILES string of the molecule is CC(C)=C(O)/C(O)=C\C1=C=CC=C2[C@@]1(C)CC[C@@]1(C)[C@@H]3C[C@](C)(CNC(=O)N4CCN(C)CC4)CC[C@]3(C)CC[C@]21C. The van der Waals surface area contributed by atoms with Crippen molar-refractivity contribution in [1.29, 1.82) is 0 Å². The largest absolute Gasteiger partial charge is 0.504 e. The first-order chi connectivity index (χ1) is 19.6. The lowest BCUT2D eigenvalue weighted by Crippen LogP contribution is -2.62. The van der Waals surface area contributed by atoms with Crippen molar-refractivity contribution in [1.82, 2.24) is 15.1 Å². The number of likely N-dealkylation sites (N-methyl/N-ethyl adjacent to an activating group) is 1. The number of allylic oxidation sites excluding steroid dienone is 5. The van der Waals surface area contributed by atoms with E-state index in [9.17, 15) is 15.0 Å². The van der Waals surface area contributed by atoms with Gasteiger partial charge in [0.05, 0.1) is 0 Å². The Morgan fingerprint density at radius 1 is 1.00 bits per heavy atom. The molecule has 0 aromatic carbocycles.